The third kappa shape index (κ3) is 4.61. The van der Waals surface area contributed by atoms with Crippen LogP contribution in [0.25, 0.3) is 6.08 Å². The van der Waals surface area contributed by atoms with Gasteiger partial charge in [-0.1, -0.05) is 49.1 Å². The number of ether oxygens (including phenoxy) is 1. The van der Waals surface area contributed by atoms with Crippen molar-refractivity contribution in [3.8, 4) is 5.75 Å². The van der Waals surface area contributed by atoms with Gasteiger partial charge in [-0.25, -0.2) is 4.79 Å². The number of carbonyl (C=O) groups excluding carboxylic acids is 1. The van der Waals surface area contributed by atoms with Gasteiger partial charge >= 0.3 is 11.9 Å². The second kappa shape index (κ2) is 8.81. The zero-order chi connectivity index (χ0) is 19.3. The Morgan fingerprint density at radius 2 is 2.04 bits per heavy atom. The molecule has 1 atom stereocenters. The standard InChI is InChI=1S/C17H17NO6S2/c1-2-7-24-12-6-4-3-5-10(12)8-13-15(21)18(17(25)26-13)11(16(22)23)9-14(19)20/h3-6,8,11H,2,7,9H2,1H3,(H,19,20)(H,22,23)/b13-8-. The summed E-state index contributed by atoms with van der Waals surface area (Å²) in [6, 6.07) is 5.59. The zero-order valence-electron chi connectivity index (χ0n) is 13.9. The average Bonchev–Trinajstić information content (AvgIpc) is 2.85. The van der Waals surface area contributed by atoms with Crippen molar-refractivity contribution in [3.63, 3.8) is 0 Å². The van der Waals surface area contributed by atoms with Crippen LogP contribution in [0.4, 0.5) is 0 Å². The van der Waals surface area contributed by atoms with E-state index in [9.17, 15) is 19.5 Å². The summed E-state index contributed by atoms with van der Waals surface area (Å²) < 4.78 is 5.66. The van der Waals surface area contributed by atoms with Gasteiger partial charge in [-0.15, -0.1) is 0 Å². The number of amides is 1. The molecule has 2 rings (SSSR count). The average molecular weight is 395 g/mol. The van der Waals surface area contributed by atoms with E-state index < -0.39 is 30.3 Å². The molecule has 1 amide bonds. The van der Waals surface area contributed by atoms with Crippen molar-refractivity contribution in [2.45, 2.75) is 25.8 Å². The number of thioether (sulfide) groups is 1. The van der Waals surface area contributed by atoms with Gasteiger partial charge in [0.25, 0.3) is 5.91 Å². The summed E-state index contributed by atoms with van der Waals surface area (Å²) in [6.07, 6.45) is 1.67. The minimum absolute atomic E-state index is 0.0156. The number of thiocarbonyl (C=S) groups is 1. The zero-order valence-corrected chi connectivity index (χ0v) is 15.5. The Labute approximate surface area is 159 Å². The molecular weight excluding hydrogens is 378 g/mol. The lowest BCUT2D eigenvalue weighted by Crippen LogP contribution is -2.45. The molecule has 138 valence electrons. The number of nitrogens with zero attached hydrogens (tertiary/aromatic N) is 1. The van der Waals surface area contributed by atoms with Gasteiger partial charge in [0.15, 0.2) is 0 Å². The summed E-state index contributed by atoms with van der Waals surface area (Å²) in [6.45, 7) is 2.49. The van der Waals surface area contributed by atoms with E-state index in [2.05, 4.69) is 0 Å². The van der Waals surface area contributed by atoms with Crippen LogP contribution in [0.3, 0.4) is 0 Å². The molecule has 1 aromatic carbocycles. The molecule has 26 heavy (non-hydrogen) atoms. The largest absolute Gasteiger partial charge is 0.493 e. The number of rotatable bonds is 8. The molecule has 1 aromatic rings. The second-order valence-electron chi connectivity index (χ2n) is 5.39. The van der Waals surface area contributed by atoms with Crippen molar-refractivity contribution in [3.05, 3.63) is 34.7 Å². The maximum Gasteiger partial charge on any atom is 0.327 e. The van der Waals surface area contributed by atoms with E-state index in [0.29, 0.717) is 17.9 Å². The normalized spacial score (nSPS) is 16.8. The fourth-order valence-corrected chi connectivity index (χ4v) is 3.64. The smallest absolute Gasteiger partial charge is 0.327 e. The summed E-state index contributed by atoms with van der Waals surface area (Å²) in [7, 11) is 0. The Morgan fingerprint density at radius 1 is 1.35 bits per heavy atom. The maximum absolute atomic E-state index is 12.6. The lowest BCUT2D eigenvalue weighted by atomic mass is 10.1. The lowest BCUT2D eigenvalue weighted by Gasteiger charge is -2.21. The van der Waals surface area contributed by atoms with Crippen molar-refractivity contribution in [1.29, 1.82) is 0 Å². The molecule has 1 saturated heterocycles. The number of hydrogen-bond acceptors (Lipinski definition) is 6. The van der Waals surface area contributed by atoms with Crippen LogP contribution in [0, 0.1) is 0 Å². The summed E-state index contributed by atoms with van der Waals surface area (Å²) in [5.74, 6) is -2.77. The number of carbonyl (C=O) groups is 3. The summed E-state index contributed by atoms with van der Waals surface area (Å²) in [5.41, 5.74) is 0.659. The minimum atomic E-state index is -1.54. The fraction of sp³-hybridized carbons (Fsp3) is 0.294. The number of hydrogen-bond donors (Lipinski definition) is 2. The van der Waals surface area contributed by atoms with Crippen LogP contribution < -0.4 is 4.74 Å². The van der Waals surface area contributed by atoms with Crippen molar-refractivity contribution in [2.75, 3.05) is 6.61 Å². The van der Waals surface area contributed by atoms with Crippen LogP contribution >= 0.6 is 24.0 Å². The predicted molar refractivity (Wildman–Crippen MR) is 101 cm³/mol. The van der Waals surface area contributed by atoms with Gasteiger partial charge in [0.1, 0.15) is 16.1 Å². The highest BCUT2D eigenvalue weighted by Gasteiger charge is 2.41. The molecule has 0 aromatic heterocycles. The van der Waals surface area contributed by atoms with E-state index in [-0.39, 0.29) is 9.23 Å². The maximum atomic E-state index is 12.6. The molecule has 0 saturated carbocycles. The SMILES string of the molecule is CCCOc1ccccc1/C=C1\SC(=S)N(C(CC(=O)O)C(=O)O)C1=O. The number of para-hydroxylation sites is 1. The van der Waals surface area contributed by atoms with Crippen molar-refractivity contribution >= 4 is 52.2 Å². The monoisotopic (exact) mass is 395 g/mol. The van der Waals surface area contributed by atoms with Crippen LogP contribution in [-0.4, -0.2) is 49.9 Å². The number of benzene rings is 1. The quantitative estimate of drug-likeness (QED) is 0.511. The Morgan fingerprint density at radius 3 is 2.65 bits per heavy atom. The molecule has 2 N–H and O–H groups in total. The highest BCUT2D eigenvalue weighted by atomic mass is 32.2. The first-order valence-electron chi connectivity index (χ1n) is 7.78. The Bertz CT molecular complexity index is 776. The molecule has 1 aliphatic rings. The first-order valence-corrected chi connectivity index (χ1v) is 9.01. The molecule has 1 unspecified atom stereocenters. The van der Waals surface area contributed by atoms with Gasteiger partial charge < -0.3 is 14.9 Å². The van der Waals surface area contributed by atoms with E-state index in [1.165, 1.54) is 0 Å². The van der Waals surface area contributed by atoms with Crippen molar-refractivity contribution in [1.82, 2.24) is 4.90 Å². The molecule has 0 radical (unpaired) electrons. The van der Waals surface area contributed by atoms with Gasteiger partial charge in [-0.2, -0.15) is 0 Å². The van der Waals surface area contributed by atoms with E-state index in [0.717, 1.165) is 23.1 Å². The number of carboxylic acid groups (broad SMARTS) is 2. The Kier molecular flexibility index (Phi) is 6.76. The molecule has 9 heteroatoms. The molecule has 1 heterocycles. The Balaban J connectivity index is 2.32. The van der Waals surface area contributed by atoms with Crippen LogP contribution in [0.15, 0.2) is 29.2 Å². The molecule has 0 aliphatic carbocycles. The molecule has 1 fully saturated rings. The Hall–Kier alpha value is -2.39. The van der Waals surface area contributed by atoms with Crippen LogP contribution in [0.1, 0.15) is 25.3 Å². The minimum Gasteiger partial charge on any atom is -0.493 e. The molecule has 0 bridgehead atoms. The lowest BCUT2D eigenvalue weighted by molar-refractivity contribution is -0.150. The summed E-state index contributed by atoms with van der Waals surface area (Å²) in [4.78, 5) is 36.0. The summed E-state index contributed by atoms with van der Waals surface area (Å²) >= 11 is 6.04. The number of carboxylic acids is 2. The third-order valence-corrected chi connectivity index (χ3v) is 4.79. The second-order valence-corrected chi connectivity index (χ2v) is 7.07. The van der Waals surface area contributed by atoms with E-state index >= 15 is 0 Å². The van der Waals surface area contributed by atoms with E-state index in [1.807, 2.05) is 6.92 Å². The van der Waals surface area contributed by atoms with Crippen LogP contribution in [0.2, 0.25) is 0 Å². The van der Waals surface area contributed by atoms with Gasteiger partial charge in [0.05, 0.1) is 17.9 Å². The highest BCUT2D eigenvalue weighted by Crippen LogP contribution is 2.36. The van der Waals surface area contributed by atoms with E-state index in [1.54, 1.807) is 30.3 Å². The molecule has 7 nitrogen and oxygen atoms in total. The third-order valence-electron chi connectivity index (χ3n) is 3.46. The van der Waals surface area contributed by atoms with Gasteiger partial charge in [0, 0.05) is 5.56 Å². The first-order chi connectivity index (χ1) is 12.3. The predicted octanol–water partition coefficient (Wildman–Crippen LogP) is 2.60. The molecular formula is C17H17NO6S2. The van der Waals surface area contributed by atoms with E-state index in [4.69, 9.17) is 22.1 Å². The van der Waals surface area contributed by atoms with Crippen LogP contribution in [-0.2, 0) is 14.4 Å². The molecule has 1 aliphatic heterocycles. The first kappa shape index (κ1) is 19.9. The number of aliphatic carboxylic acids is 2. The van der Waals surface area contributed by atoms with Gasteiger partial charge in [0.2, 0.25) is 0 Å². The topological polar surface area (TPSA) is 104 Å². The molecule has 0 spiro atoms. The fourth-order valence-electron chi connectivity index (χ4n) is 2.29. The highest BCUT2D eigenvalue weighted by molar-refractivity contribution is 8.26. The van der Waals surface area contributed by atoms with Crippen molar-refractivity contribution in [2.24, 2.45) is 0 Å². The van der Waals surface area contributed by atoms with Gasteiger partial charge in [-0.05, 0) is 18.6 Å². The van der Waals surface area contributed by atoms with Crippen molar-refractivity contribution < 1.29 is 29.3 Å². The van der Waals surface area contributed by atoms with Gasteiger partial charge in [-0.3, -0.25) is 14.5 Å². The summed E-state index contributed by atoms with van der Waals surface area (Å²) in [5, 5.41) is 18.2. The van der Waals surface area contributed by atoms with Crippen LogP contribution in [0.5, 0.6) is 5.75 Å².